The van der Waals surface area contributed by atoms with E-state index in [4.69, 9.17) is 19.3 Å². The fourth-order valence-electron chi connectivity index (χ4n) is 4.54. The predicted octanol–water partition coefficient (Wildman–Crippen LogP) is 4.27. The van der Waals surface area contributed by atoms with Gasteiger partial charge in [0.15, 0.2) is 17.2 Å². The summed E-state index contributed by atoms with van der Waals surface area (Å²) in [6.07, 6.45) is -2.96. The van der Waals surface area contributed by atoms with Gasteiger partial charge in [-0.2, -0.15) is 13.2 Å². The number of fused-ring (bicyclic) bond motifs is 3. The third-order valence-electron chi connectivity index (χ3n) is 6.37. The van der Waals surface area contributed by atoms with E-state index in [1.54, 1.807) is 18.2 Å². The summed E-state index contributed by atoms with van der Waals surface area (Å²) in [4.78, 5) is 0. The van der Waals surface area contributed by atoms with Crippen molar-refractivity contribution in [1.29, 1.82) is 0 Å². The first-order chi connectivity index (χ1) is 17.4. The second-order valence-corrected chi connectivity index (χ2v) is 8.70. The van der Waals surface area contributed by atoms with E-state index in [9.17, 15) is 13.2 Å². The van der Waals surface area contributed by atoms with Gasteiger partial charge in [0.1, 0.15) is 11.3 Å². The molecule has 0 saturated heterocycles. The first kappa shape index (κ1) is 24.2. The van der Waals surface area contributed by atoms with E-state index in [2.05, 4.69) is 15.6 Å². The smallest absolute Gasteiger partial charge is 0.395 e. The van der Waals surface area contributed by atoms with Gasteiger partial charge < -0.3 is 24.6 Å². The normalized spacial score (nSPS) is 13.2. The number of hydrogen-bond acceptors (Lipinski definition) is 7. The maximum atomic E-state index is 14.1. The molecular formula is C26H24F3N3O4. The Hall–Kier alpha value is -3.47. The van der Waals surface area contributed by atoms with Gasteiger partial charge in [-0.05, 0) is 36.9 Å². The van der Waals surface area contributed by atoms with Crippen molar-refractivity contribution in [3.05, 3.63) is 70.8 Å². The van der Waals surface area contributed by atoms with Crippen molar-refractivity contribution < 1.29 is 32.4 Å². The molecule has 36 heavy (non-hydrogen) atoms. The molecule has 0 aliphatic heterocycles. The van der Waals surface area contributed by atoms with E-state index >= 15 is 0 Å². The molecule has 0 amide bonds. The molecule has 2 aromatic carbocycles. The van der Waals surface area contributed by atoms with E-state index in [1.807, 2.05) is 18.2 Å². The number of rotatable bonds is 8. The molecule has 1 aliphatic carbocycles. The van der Waals surface area contributed by atoms with Crippen molar-refractivity contribution in [2.24, 2.45) is 0 Å². The van der Waals surface area contributed by atoms with Gasteiger partial charge in [0, 0.05) is 16.7 Å². The number of halogens is 3. The number of aliphatic hydroxyl groups is 2. The highest BCUT2D eigenvalue weighted by Gasteiger charge is 2.43. The standard InChI is InChI=1S/C26H24F3N3O4/c27-26(28,29)21-23(32-35-24(21)16-4-2-1-3-5-16)25-20-9-7-17-12-15(10-11-30-18(13-33)14-34)6-8-19(17)22(20)31-36-25/h1-6,8,12,18,30,33-34H,7,9-11,13-14H2. The number of aromatic nitrogens is 2. The summed E-state index contributed by atoms with van der Waals surface area (Å²) in [6, 6.07) is 13.6. The molecule has 0 fully saturated rings. The molecule has 2 heterocycles. The summed E-state index contributed by atoms with van der Waals surface area (Å²) in [5.74, 6) is -0.386. The maximum absolute atomic E-state index is 14.1. The fourth-order valence-corrected chi connectivity index (χ4v) is 4.54. The van der Waals surface area contributed by atoms with Crippen molar-refractivity contribution >= 4 is 0 Å². The maximum Gasteiger partial charge on any atom is 0.422 e. The zero-order valence-corrected chi connectivity index (χ0v) is 19.2. The molecule has 0 unspecified atom stereocenters. The van der Waals surface area contributed by atoms with Crippen LogP contribution >= 0.6 is 0 Å². The summed E-state index contributed by atoms with van der Waals surface area (Å²) >= 11 is 0. The number of aliphatic hydroxyl groups excluding tert-OH is 2. The molecule has 0 bridgehead atoms. The highest BCUT2D eigenvalue weighted by atomic mass is 19.4. The summed E-state index contributed by atoms with van der Waals surface area (Å²) in [7, 11) is 0. The second-order valence-electron chi connectivity index (χ2n) is 8.70. The molecule has 5 rings (SSSR count). The molecule has 10 heteroatoms. The van der Waals surface area contributed by atoms with Gasteiger partial charge in [-0.15, -0.1) is 0 Å². The third-order valence-corrected chi connectivity index (χ3v) is 6.37. The Bertz CT molecular complexity index is 1340. The monoisotopic (exact) mass is 499 g/mol. The third kappa shape index (κ3) is 4.55. The van der Waals surface area contributed by atoms with Gasteiger partial charge in [-0.1, -0.05) is 58.8 Å². The summed E-state index contributed by atoms with van der Waals surface area (Å²) < 4.78 is 53.1. The van der Waals surface area contributed by atoms with E-state index in [0.29, 0.717) is 37.1 Å². The number of benzene rings is 2. The highest BCUT2D eigenvalue weighted by Crippen LogP contribution is 2.46. The lowest BCUT2D eigenvalue weighted by atomic mass is 9.87. The molecule has 188 valence electrons. The van der Waals surface area contributed by atoms with Crippen LogP contribution in [0.25, 0.3) is 34.0 Å². The quantitative estimate of drug-likeness (QED) is 0.333. The van der Waals surface area contributed by atoms with Gasteiger partial charge in [0.05, 0.1) is 19.3 Å². The Kier molecular flexibility index (Phi) is 6.65. The highest BCUT2D eigenvalue weighted by molar-refractivity contribution is 5.79. The van der Waals surface area contributed by atoms with Crippen LogP contribution in [0, 0.1) is 0 Å². The molecule has 2 aromatic heterocycles. The van der Waals surface area contributed by atoms with Crippen molar-refractivity contribution in [2.45, 2.75) is 31.5 Å². The Labute approximate surface area is 204 Å². The second kappa shape index (κ2) is 9.88. The lowest BCUT2D eigenvalue weighted by molar-refractivity contribution is -0.136. The average Bonchev–Trinajstić information content (AvgIpc) is 3.51. The minimum atomic E-state index is -4.71. The Morgan fingerprint density at radius 2 is 1.64 bits per heavy atom. The van der Waals surface area contributed by atoms with Gasteiger partial charge >= 0.3 is 6.18 Å². The van der Waals surface area contributed by atoms with Gasteiger partial charge in [-0.3, -0.25) is 0 Å². The van der Waals surface area contributed by atoms with Crippen LogP contribution < -0.4 is 5.32 Å². The summed E-state index contributed by atoms with van der Waals surface area (Å²) in [6.45, 7) is 0.290. The predicted molar refractivity (Wildman–Crippen MR) is 125 cm³/mol. The van der Waals surface area contributed by atoms with E-state index < -0.39 is 17.4 Å². The van der Waals surface area contributed by atoms with E-state index in [1.165, 1.54) is 12.1 Å². The van der Waals surface area contributed by atoms with Crippen LogP contribution in [0.5, 0.6) is 0 Å². The van der Waals surface area contributed by atoms with E-state index in [-0.39, 0.29) is 36.3 Å². The van der Waals surface area contributed by atoms with Crippen LogP contribution in [0.4, 0.5) is 13.2 Å². The molecule has 1 aliphatic rings. The number of aryl methyl sites for hydroxylation is 1. The fraction of sp³-hybridized carbons (Fsp3) is 0.308. The number of hydrogen-bond donors (Lipinski definition) is 3. The van der Waals surface area contributed by atoms with Crippen LogP contribution in [-0.4, -0.2) is 46.3 Å². The lowest BCUT2D eigenvalue weighted by Crippen LogP contribution is -2.36. The summed E-state index contributed by atoms with van der Waals surface area (Å²) in [5, 5.41) is 29.3. The van der Waals surface area contributed by atoms with Gasteiger partial charge in [0.2, 0.25) is 0 Å². The van der Waals surface area contributed by atoms with Crippen LogP contribution in [0.1, 0.15) is 22.3 Å². The largest absolute Gasteiger partial charge is 0.422 e. The first-order valence-electron chi connectivity index (χ1n) is 11.6. The molecular weight excluding hydrogens is 475 g/mol. The average molecular weight is 499 g/mol. The topological polar surface area (TPSA) is 105 Å². The zero-order chi connectivity index (χ0) is 25.3. The van der Waals surface area contributed by atoms with Gasteiger partial charge in [-0.25, -0.2) is 0 Å². The molecule has 4 aromatic rings. The van der Waals surface area contributed by atoms with Crippen LogP contribution in [0.3, 0.4) is 0 Å². The van der Waals surface area contributed by atoms with Crippen LogP contribution in [0.15, 0.2) is 57.6 Å². The lowest BCUT2D eigenvalue weighted by Gasteiger charge is -2.17. The minimum absolute atomic E-state index is 0.0266. The Morgan fingerprint density at radius 3 is 2.36 bits per heavy atom. The molecule has 0 saturated carbocycles. The zero-order valence-electron chi connectivity index (χ0n) is 19.2. The molecule has 0 atom stereocenters. The van der Waals surface area contributed by atoms with Crippen LogP contribution in [0.2, 0.25) is 0 Å². The van der Waals surface area contributed by atoms with Gasteiger partial charge in [0.25, 0.3) is 0 Å². The molecule has 3 N–H and O–H groups in total. The molecule has 0 spiro atoms. The first-order valence-corrected chi connectivity index (χ1v) is 11.6. The van der Waals surface area contributed by atoms with Crippen molar-refractivity contribution in [1.82, 2.24) is 15.6 Å². The van der Waals surface area contributed by atoms with E-state index in [0.717, 1.165) is 16.7 Å². The van der Waals surface area contributed by atoms with Crippen molar-refractivity contribution in [3.63, 3.8) is 0 Å². The Balaban J connectivity index is 1.46. The SMILES string of the molecule is OCC(CO)NCCc1ccc2c(c1)CCc1c-2noc1-c1noc(-c2ccccc2)c1C(F)(F)F. The van der Waals surface area contributed by atoms with Crippen LogP contribution in [-0.2, 0) is 25.4 Å². The molecule has 0 radical (unpaired) electrons. The minimum Gasteiger partial charge on any atom is -0.395 e. The number of nitrogens with one attached hydrogen (secondary N) is 1. The summed E-state index contributed by atoms with van der Waals surface area (Å²) in [5.41, 5.74) is 2.88. The number of nitrogens with zero attached hydrogens (tertiary/aromatic N) is 2. The van der Waals surface area contributed by atoms with Crippen molar-refractivity contribution in [3.8, 4) is 34.0 Å². The van der Waals surface area contributed by atoms with Crippen molar-refractivity contribution in [2.75, 3.05) is 19.8 Å². The number of alkyl halides is 3. The molecule has 7 nitrogen and oxygen atoms in total. The Morgan fingerprint density at radius 1 is 0.917 bits per heavy atom.